The average Bonchev–Trinajstić information content (AvgIpc) is 3.40. The molecule has 4 rings (SSSR count). The van der Waals surface area contributed by atoms with Gasteiger partial charge in [-0.25, -0.2) is 0 Å². The second kappa shape index (κ2) is 11.6. The largest absolute Gasteiger partial charge is 0.357 e. The van der Waals surface area contributed by atoms with Crippen LogP contribution in [0.25, 0.3) is 5.65 Å². The molecule has 0 saturated carbocycles. The van der Waals surface area contributed by atoms with Gasteiger partial charge in [-0.05, 0) is 54.3 Å². The first-order valence-electron chi connectivity index (χ1n) is 10.4. The molecule has 30 heavy (non-hydrogen) atoms. The lowest BCUT2D eigenvalue weighted by Crippen LogP contribution is -2.48. The number of hydrogen-bond acceptors (Lipinski definition) is 5. The maximum atomic E-state index is 4.77. The summed E-state index contributed by atoms with van der Waals surface area (Å²) in [7, 11) is 0. The Morgan fingerprint density at radius 2 is 2.10 bits per heavy atom. The molecule has 0 radical (unpaired) electrons. The molecule has 3 aromatic heterocycles. The minimum Gasteiger partial charge on any atom is -0.357 e. The summed E-state index contributed by atoms with van der Waals surface area (Å²) in [4.78, 5) is 7.31. The van der Waals surface area contributed by atoms with Gasteiger partial charge in [0.25, 0.3) is 0 Å². The fourth-order valence-corrected chi connectivity index (χ4v) is 4.38. The Labute approximate surface area is 199 Å². The van der Waals surface area contributed by atoms with Crippen molar-refractivity contribution >= 4 is 46.9 Å². The van der Waals surface area contributed by atoms with Gasteiger partial charge < -0.3 is 10.6 Å². The van der Waals surface area contributed by atoms with Crippen molar-refractivity contribution in [1.29, 1.82) is 0 Å². The Morgan fingerprint density at radius 3 is 2.87 bits per heavy atom. The lowest BCUT2D eigenvalue weighted by Gasteiger charge is -2.33. The number of pyridine rings is 1. The Bertz CT molecular complexity index is 916. The number of thiophene rings is 1. The fraction of sp³-hybridized carbons (Fsp3) is 0.476. The van der Waals surface area contributed by atoms with Crippen LogP contribution in [-0.2, 0) is 13.0 Å². The van der Waals surface area contributed by atoms with Gasteiger partial charge in [-0.1, -0.05) is 6.07 Å². The van der Waals surface area contributed by atoms with Crippen molar-refractivity contribution in [2.75, 3.05) is 26.2 Å². The molecule has 0 spiro atoms. The molecule has 0 aliphatic carbocycles. The molecular weight excluding hydrogens is 509 g/mol. The van der Waals surface area contributed by atoms with Gasteiger partial charge in [-0.15, -0.1) is 34.2 Å². The van der Waals surface area contributed by atoms with E-state index in [0.717, 1.165) is 62.9 Å². The molecule has 0 bridgehead atoms. The number of nitrogens with zero attached hydrogens (tertiary/aromatic N) is 5. The third kappa shape index (κ3) is 6.14. The standard InChI is InChI=1S/C21H29N7S.HI/c1-2-22-21(23-10-6-20-26-25-19-5-3-4-11-28(19)20)24-18-7-12-27(13-8-18)15-17-9-14-29-16-17;/h3-5,9,11,14,16,18H,2,6-8,10,12-13,15H2,1H3,(H2,22,23,24);1H. The maximum Gasteiger partial charge on any atom is 0.191 e. The lowest BCUT2D eigenvalue weighted by molar-refractivity contribution is 0.198. The van der Waals surface area contributed by atoms with Gasteiger partial charge in [0.15, 0.2) is 11.6 Å². The first-order chi connectivity index (χ1) is 14.3. The second-order valence-corrected chi connectivity index (χ2v) is 8.16. The third-order valence-corrected chi connectivity index (χ3v) is 5.98. The number of hydrogen-bond donors (Lipinski definition) is 2. The Kier molecular flexibility index (Phi) is 8.88. The fourth-order valence-electron chi connectivity index (χ4n) is 3.72. The van der Waals surface area contributed by atoms with Gasteiger partial charge in [0.05, 0.1) is 0 Å². The van der Waals surface area contributed by atoms with Crippen molar-refractivity contribution in [2.24, 2.45) is 4.99 Å². The van der Waals surface area contributed by atoms with E-state index in [9.17, 15) is 0 Å². The lowest BCUT2D eigenvalue weighted by atomic mass is 10.0. The van der Waals surface area contributed by atoms with E-state index < -0.39 is 0 Å². The highest BCUT2D eigenvalue weighted by Gasteiger charge is 2.20. The van der Waals surface area contributed by atoms with Crippen LogP contribution >= 0.6 is 35.3 Å². The van der Waals surface area contributed by atoms with E-state index in [4.69, 9.17) is 4.99 Å². The van der Waals surface area contributed by atoms with E-state index in [1.54, 1.807) is 11.3 Å². The average molecular weight is 539 g/mol. The molecule has 162 valence electrons. The quantitative estimate of drug-likeness (QED) is 0.274. The Morgan fingerprint density at radius 1 is 1.23 bits per heavy atom. The summed E-state index contributed by atoms with van der Waals surface area (Å²) >= 11 is 1.78. The highest BCUT2D eigenvalue weighted by Crippen LogP contribution is 2.15. The van der Waals surface area contributed by atoms with Crippen molar-refractivity contribution < 1.29 is 0 Å². The van der Waals surface area contributed by atoms with Gasteiger partial charge in [0.2, 0.25) is 0 Å². The topological polar surface area (TPSA) is 69.8 Å². The minimum atomic E-state index is 0. The molecule has 0 amide bonds. The molecule has 1 saturated heterocycles. The molecule has 7 nitrogen and oxygen atoms in total. The summed E-state index contributed by atoms with van der Waals surface area (Å²) < 4.78 is 2.03. The summed E-state index contributed by atoms with van der Waals surface area (Å²) in [6.07, 6.45) is 5.05. The molecule has 1 aliphatic heterocycles. The predicted molar refractivity (Wildman–Crippen MR) is 134 cm³/mol. The van der Waals surface area contributed by atoms with Crippen LogP contribution in [0.5, 0.6) is 0 Å². The van der Waals surface area contributed by atoms with Crippen LogP contribution in [0.3, 0.4) is 0 Å². The number of guanidine groups is 1. The normalized spacial score (nSPS) is 15.8. The van der Waals surface area contributed by atoms with Gasteiger partial charge >= 0.3 is 0 Å². The van der Waals surface area contributed by atoms with Crippen molar-refractivity contribution in [3.63, 3.8) is 0 Å². The van der Waals surface area contributed by atoms with Crippen molar-refractivity contribution in [2.45, 2.75) is 38.8 Å². The molecule has 3 aromatic rings. The molecule has 1 fully saturated rings. The van der Waals surface area contributed by atoms with E-state index >= 15 is 0 Å². The number of rotatable bonds is 7. The van der Waals surface area contributed by atoms with Crippen LogP contribution in [0.2, 0.25) is 0 Å². The van der Waals surface area contributed by atoms with Crippen molar-refractivity contribution in [3.05, 3.63) is 52.6 Å². The first-order valence-corrected chi connectivity index (χ1v) is 11.3. The molecule has 1 aliphatic rings. The Balaban J connectivity index is 0.00000256. The van der Waals surface area contributed by atoms with E-state index in [1.165, 1.54) is 5.56 Å². The minimum absolute atomic E-state index is 0. The van der Waals surface area contributed by atoms with Crippen LogP contribution in [-0.4, -0.2) is 57.7 Å². The van der Waals surface area contributed by atoms with Gasteiger partial charge in [0, 0.05) is 51.4 Å². The molecule has 9 heteroatoms. The smallest absolute Gasteiger partial charge is 0.191 e. The van der Waals surface area contributed by atoms with Crippen molar-refractivity contribution in [1.82, 2.24) is 30.1 Å². The zero-order valence-corrected chi connectivity index (χ0v) is 20.5. The van der Waals surface area contributed by atoms with E-state index in [-0.39, 0.29) is 24.0 Å². The highest BCUT2D eigenvalue weighted by molar-refractivity contribution is 14.0. The third-order valence-electron chi connectivity index (χ3n) is 5.25. The van der Waals surface area contributed by atoms with E-state index in [1.807, 2.05) is 28.8 Å². The van der Waals surface area contributed by atoms with Crippen LogP contribution in [0, 0.1) is 0 Å². The molecule has 0 unspecified atom stereocenters. The van der Waals surface area contributed by atoms with Crippen molar-refractivity contribution in [3.8, 4) is 0 Å². The number of piperidine rings is 1. The number of likely N-dealkylation sites (tertiary alicyclic amines) is 1. The number of aromatic nitrogens is 3. The maximum absolute atomic E-state index is 4.77. The van der Waals surface area contributed by atoms with Gasteiger partial charge in [0.1, 0.15) is 5.82 Å². The summed E-state index contributed by atoms with van der Waals surface area (Å²) in [6.45, 7) is 6.96. The van der Waals surface area contributed by atoms with Crippen LogP contribution in [0.1, 0.15) is 31.2 Å². The summed E-state index contributed by atoms with van der Waals surface area (Å²) in [5.74, 6) is 1.85. The number of nitrogens with one attached hydrogen (secondary N) is 2. The molecular formula is C21H30IN7S. The SMILES string of the molecule is CCNC(=NCCc1nnc2ccccn12)NC1CCN(Cc2ccsc2)CC1.I. The number of fused-ring (bicyclic) bond motifs is 1. The summed E-state index contributed by atoms with van der Waals surface area (Å²) in [5.41, 5.74) is 2.31. The zero-order chi connectivity index (χ0) is 19.9. The van der Waals surface area contributed by atoms with Gasteiger partial charge in [-0.3, -0.25) is 14.3 Å². The predicted octanol–water partition coefficient (Wildman–Crippen LogP) is 3.17. The summed E-state index contributed by atoms with van der Waals surface area (Å²) in [6, 6.07) is 8.64. The van der Waals surface area contributed by atoms with Crippen LogP contribution in [0.15, 0.2) is 46.2 Å². The van der Waals surface area contributed by atoms with Gasteiger partial charge in [-0.2, -0.15) is 11.3 Å². The monoisotopic (exact) mass is 539 g/mol. The summed E-state index contributed by atoms with van der Waals surface area (Å²) in [5, 5.41) is 19.9. The van der Waals surface area contributed by atoms with Crippen LogP contribution < -0.4 is 10.6 Å². The highest BCUT2D eigenvalue weighted by atomic mass is 127. The van der Waals surface area contributed by atoms with E-state index in [0.29, 0.717) is 12.6 Å². The zero-order valence-electron chi connectivity index (χ0n) is 17.3. The molecule has 2 N–H and O–H groups in total. The Hall–Kier alpha value is -1.72. The second-order valence-electron chi connectivity index (χ2n) is 7.38. The number of halogens is 1. The van der Waals surface area contributed by atoms with Crippen LogP contribution in [0.4, 0.5) is 0 Å². The number of aliphatic imine (C=N–C) groups is 1. The molecule has 0 atom stereocenters. The molecule has 0 aromatic carbocycles. The van der Waals surface area contributed by atoms with E-state index in [2.05, 4.69) is 49.5 Å². The molecule has 4 heterocycles. The first kappa shape index (κ1) is 23.0.